The summed E-state index contributed by atoms with van der Waals surface area (Å²) in [5.74, 6) is -0.0315. The SMILES string of the molecule is CSC1CCCC1NC(=O)C1(C#N)CC1. The molecule has 0 aromatic rings. The molecule has 0 spiro atoms. The van der Waals surface area contributed by atoms with Gasteiger partial charge in [-0.1, -0.05) is 6.42 Å². The van der Waals surface area contributed by atoms with Gasteiger partial charge < -0.3 is 5.32 Å². The lowest BCUT2D eigenvalue weighted by Gasteiger charge is -2.20. The van der Waals surface area contributed by atoms with Crippen molar-refractivity contribution in [3.05, 3.63) is 0 Å². The maximum Gasteiger partial charge on any atom is 0.240 e. The maximum atomic E-state index is 11.8. The van der Waals surface area contributed by atoms with E-state index in [2.05, 4.69) is 17.6 Å². The quantitative estimate of drug-likeness (QED) is 0.793. The molecular weight excluding hydrogens is 208 g/mol. The summed E-state index contributed by atoms with van der Waals surface area (Å²) in [4.78, 5) is 11.8. The van der Waals surface area contributed by atoms with E-state index in [0.717, 1.165) is 19.3 Å². The van der Waals surface area contributed by atoms with Crippen molar-refractivity contribution in [2.45, 2.75) is 43.4 Å². The van der Waals surface area contributed by atoms with E-state index in [1.807, 2.05) is 11.8 Å². The Labute approximate surface area is 94.6 Å². The zero-order valence-corrected chi connectivity index (χ0v) is 9.77. The molecule has 0 saturated heterocycles. The molecule has 0 aliphatic heterocycles. The van der Waals surface area contributed by atoms with Crippen molar-refractivity contribution in [2.75, 3.05) is 6.26 Å². The first-order valence-electron chi connectivity index (χ1n) is 5.47. The Balaban J connectivity index is 1.92. The summed E-state index contributed by atoms with van der Waals surface area (Å²) in [6.07, 6.45) is 7.02. The fourth-order valence-corrected chi connectivity index (χ4v) is 3.13. The van der Waals surface area contributed by atoms with Crippen LogP contribution in [0.4, 0.5) is 0 Å². The van der Waals surface area contributed by atoms with Gasteiger partial charge in [0.2, 0.25) is 5.91 Å². The van der Waals surface area contributed by atoms with Crippen molar-refractivity contribution in [1.29, 1.82) is 5.26 Å². The van der Waals surface area contributed by atoms with Gasteiger partial charge in [0.1, 0.15) is 5.41 Å². The van der Waals surface area contributed by atoms with Crippen LogP contribution in [0.25, 0.3) is 0 Å². The van der Waals surface area contributed by atoms with Gasteiger partial charge in [0.25, 0.3) is 0 Å². The summed E-state index contributed by atoms with van der Waals surface area (Å²) in [5.41, 5.74) is -0.661. The second-order valence-corrected chi connectivity index (χ2v) is 5.56. The average Bonchev–Trinajstić information content (AvgIpc) is 2.94. The van der Waals surface area contributed by atoms with Crippen LogP contribution in [-0.4, -0.2) is 23.5 Å². The Morgan fingerprint density at radius 1 is 1.53 bits per heavy atom. The van der Waals surface area contributed by atoms with E-state index < -0.39 is 5.41 Å². The fourth-order valence-electron chi connectivity index (χ4n) is 2.19. The van der Waals surface area contributed by atoms with E-state index in [1.165, 1.54) is 12.8 Å². The van der Waals surface area contributed by atoms with Crippen molar-refractivity contribution < 1.29 is 4.79 Å². The normalized spacial score (nSPS) is 32.0. The second kappa shape index (κ2) is 4.05. The highest BCUT2D eigenvalue weighted by Gasteiger charge is 2.51. The first-order valence-corrected chi connectivity index (χ1v) is 6.76. The lowest BCUT2D eigenvalue weighted by molar-refractivity contribution is -0.125. The third kappa shape index (κ3) is 1.98. The van der Waals surface area contributed by atoms with Crippen molar-refractivity contribution in [3.63, 3.8) is 0 Å². The molecule has 2 atom stereocenters. The van der Waals surface area contributed by atoms with Crippen LogP contribution in [0.15, 0.2) is 0 Å². The number of carbonyl (C=O) groups excluding carboxylic acids is 1. The van der Waals surface area contributed by atoms with Crippen molar-refractivity contribution >= 4 is 17.7 Å². The molecule has 1 amide bonds. The molecule has 2 aliphatic rings. The number of carbonyl (C=O) groups is 1. The minimum absolute atomic E-state index is 0.0315. The van der Waals surface area contributed by atoms with Gasteiger partial charge in [-0.05, 0) is 31.9 Å². The molecule has 0 aromatic heterocycles. The largest absolute Gasteiger partial charge is 0.351 e. The Hall–Kier alpha value is -0.690. The van der Waals surface area contributed by atoms with Crippen LogP contribution in [0.3, 0.4) is 0 Å². The molecule has 4 heteroatoms. The second-order valence-electron chi connectivity index (χ2n) is 4.48. The summed E-state index contributed by atoms with van der Waals surface area (Å²) in [7, 11) is 0. The zero-order valence-electron chi connectivity index (χ0n) is 8.95. The van der Waals surface area contributed by atoms with Crippen LogP contribution in [0.2, 0.25) is 0 Å². The molecule has 0 bridgehead atoms. The van der Waals surface area contributed by atoms with Crippen LogP contribution >= 0.6 is 11.8 Å². The third-order valence-electron chi connectivity index (χ3n) is 3.47. The van der Waals surface area contributed by atoms with Crippen LogP contribution in [-0.2, 0) is 4.79 Å². The van der Waals surface area contributed by atoms with Gasteiger partial charge in [-0.2, -0.15) is 17.0 Å². The summed E-state index contributed by atoms with van der Waals surface area (Å²) < 4.78 is 0. The van der Waals surface area contributed by atoms with E-state index >= 15 is 0 Å². The van der Waals surface area contributed by atoms with E-state index in [9.17, 15) is 4.79 Å². The number of nitriles is 1. The molecule has 82 valence electrons. The predicted octanol–water partition coefficient (Wildman–Crippen LogP) is 1.69. The third-order valence-corrected chi connectivity index (χ3v) is 4.64. The number of nitrogens with one attached hydrogen (secondary N) is 1. The van der Waals surface area contributed by atoms with Crippen LogP contribution in [0, 0.1) is 16.7 Å². The molecule has 15 heavy (non-hydrogen) atoms. The summed E-state index contributed by atoms with van der Waals surface area (Å²) >= 11 is 1.82. The highest BCUT2D eigenvalue weighted by Crippen LogP contribution is 2.45. The lowest BCUT2D eigenvalue weighted by atomic mass is 10.1. The van der Waals surface area contributed by atoms with Crippen molar-refractivity contribution in [3.8, 4) is 6.07 Å². The summed E-state index contributed by atoms with van der Waals surface area (Å²) in [6, 6.07) is 2.43. The van der Waals surface area contributed by atoms with Gasteiger partial charge in [-0.25, -0.2) is 0 Å². The van der Waals surface area contributed by atoms with Crippen molar-refractivity contribution in [2.24, 2.45) is 5.41 Å². The maximum absolute atomic E-state index is 11.8. The Kier molecular flexibility index (Phi) is 2.92. The van der Waals surface area contributed by atoms with E-state index in [4.69, 9.17) is 5.26 Å². The number of nitrogens with zero attached hydrogens (tertiary/aromatic N) is 1. The minimum Gasteiger partial charge on any atom is -0.351 e. The summed E-state index contributed by atoms with van der Waals surface area (Å²) in [5, 5.41) is 12.5. The van der Waals surface area contributed by atoms with Gasteiger partial charge in [0.05, 0.1) is 6.07 Å². The van der Waals surface area contributed by atoms with Gasteiger partial charge in [0.15, 0.2) is 0 Å². The van der Waals surface area contributed by atoms with Crippen LogP contribution in [0.5, 0.6) is 0 Å². The topological polar surface area (TPSA) is 52.9 Å². The van der Waals surface area contributed by atoms with E-state index in [1.54, 1.807) is 0 Å². The van der Waals surface area contributed by atoms with Gasteiger partial charge in [-0.15, -0.1) is 0 Å². The first kappa shape index (κ1) is 10.8. The molecule has 2 saturated carbocycles. The monoisotopic (exact) mass is 224 g/mol. The van der Waals surface area contributed by atoms with E-state index in [0.29, 0.717) is 11.3 Å². The zero-order chi connectivity index (χ0) is 10.9. The van der Waals surface area contributed by atoms with Gasteiger partial charge in [0, 0.05) is 11.3 Å². The first-order chi connectivity index (χ1) is 7.22. The summed E-state index contributed by atoms with van der Waals surface area (Å²) in [6.45, 7) is 0. The molecule has 2 fully saturated rings. The van der Waals surface area contributed by atoms with Crippen LogP contribution < -0.4 is 5.32 Å². The van der Waals surface area contributed by atoms with Crippen LogP contribution in [0.1, 0.15) is 32.1 Å². The van der Waals surface area contributed by atoms with E-state index in [-0.39, 0.29) is 5.91 Å². The lowest BCUT2D eigenvalue weighted by Crippen LogP contribution is -2.42. The molecule has 0 heterocycles. The molecule has 3 nitrogen and oxygen atoms in total. The number of hydrogen-bond donors (Lipinski definition) is 1. The standard InChI is InChI=1S/C11H16N2OS/c1-15-9-4-2-3-8(9)13-10(14)11(7-12)5-6-11/h8-9H,2-6H2,1H3,(H,13,14). The molecule has 2 aliphatic carbocycles. The van der Waals surface area contributed by atoms with Crippen molar-refractivity contribution in [1.82, 2.24) is 5.32 Å². The predicted molar refractivity (Wildman–Crippen MR) is 60.4 cm³/mol. The molecule has 0 radical (unpaired) electrons. The number of amides is 1. The highest BCUT2D eigenvalue weighted by molar-refractivity contribution is 7.99. The minimum atomic E-state index is -0.661. The molecule has 2 unspecified atom stereocenters. The number of thioether (sulfide) groups is 1. The molecule has 0 aromatic carbocycles. The highest BCUT2D eigenvalue weighted by atomic mass is 32.2. The fraction of sp³-hybridized carbons (Fsp3) is 0.818. The smallest absolute Gasteiger partial charge is 0.240 e. The Morgan fingerprint density at radius 3 is 2.80 bits per heavy atom. The number of hydrogen-bond acceptors (Lipinski definition) is 3. The molecular formula is C11H16N2OS. The Morgan fingerprint density at radius 2 is 2.27 bits per heavy atom. The molecule has 2 rings (SSSR count). The van der Waals surface area contributed by atoms with Gasteiger partial charge >= 0.3 is 0 Å². The Bertz CT molecular complexity index is 306. The van der Waals surface area contributed by atoms with Gasteiger partial charge in [-0.3, -0.25) is 4.79 Å². The number of rotatable bonds is 3. The molecule has 1 N–H and O–H groups in total. The average molecular weight is 224 g/mol.